The third-order valence-corrected chi connectivity index (χ3v) is 6.45. The van der Waals surface area contributed by atoms with Crippen molar-refractivity contribution in [3.05, 3.63) is 47.4 Å². The number of aliphatic hydroxyl groups excluding tert-OH is 1. The molecule has 4 heterocycles. The number of pyridine rings is 1. The van der Waals surface area contributed by atoms with Crippen LogP contribution in [0.5, 0.6) is 5.88 Å². The summed E-state index contributed by atoms with van der Waals surface area (Å²) in [6.07, 6.45) is 5.89. The summed E-state index contributed by atoms with van der Waals surface area (Å²) in [5, 5.41) is 31.8. The molecular weight excluding hydrogens is 458 g/mol. The van der Waals surface area contributed by atoms with E-state index in [0.717, 1.165) is 37.8 Å². The lowest BCUT2D eigenvalue weighted by atomic mass is 9.89. The van der Waals surface area contributed by atoms with E-state index < -0.39 is 0 Å². The van der Waals surface area contributed by atoms with Gasteiger partial charge in [-0.3, -0.25) is 10.00 Å². The quantitative estimate of drug-likeness (QED) is 0.333. The fourth-order valence-electron chi connectivity index (χ4n) is 4.76. The number of aromatic amines is 1. The van der Waals surface area contributed by atoms with E-state index in [0.29, 0.717) is 46.9 Å². The Hall–Kier alpha value is -3.75. The molecule has 3 atom stereocenters. The monoisotopic (exact) mass is 491 g/mol. The zero-order valence-electron chi connectivity index (χ0n) is 20.9. The van der Waals surface area contributed by atoms with Crippen LogP contribution in [-0.2, 0) is 13.2 Å². The number of likely N-dealkylation sites (tertiary alicyclic amines) is 1. The molecule has 0 bridgehead atoms. The van der Waals surface area contributed by atoms with Gasteiger partial charge in [0.15, 0.2) is 5.82 Å². The van der Waals surface area contributed by atoms with Crippen LogP contribution in [0.15, 0.2) is 30.5 Å². The molecule has 3 aromatic rings. The summed E-state index contributed by atoms with van der Waals surface area (Å²) < 4.78 is 5.40. The summed E-state index contributed by atoms with van der Waals surface area (Å²) in [6.45, 7) is 5.15. The fraction of sp³-hybridized carbons (Fsp3) is 0.480. The second-order valence-corrected chi connectivity index (χ2v) is 9.12. The Kier molecular flexibility index (Phi) is 8.30. The molecule has 0 unspecified atom stereocenters. The minimum Gasteiger partial charge on any atom is -0.481 e. The number of nitrogens with one attached hydrogen (secondary N) is 3. The van der Waals surface area contributed by atoms with Gasteiger partial charge in [0.05, 0.1) is 19.4 Å². The molecule has 0 radical (unpaired) electrons. The summed E-state index contributed by atoms with van der Waals surface area (Å²) >= 11 is 0. The fourth-order valence-corrected chi connectivity index (χ4v) is 4.76. The van der Waals surface area contributed by atoms with Crippen LogP contribution in [0.4, 0.5) is 17.6 Å². The van der Waals surface area contributed by atoms with Crippen LogP contribution < -0.4 is 15.4 Å². The molecule has 4 rings (SSSR count). The largest absolute Gasteiger partial charge is 0.481 e. The minimum absolute atomic E-state index is 0.119. The van der Waals surface area contributed by atoms with Gasteiger partial charge in [0.1, 0.15) is 17.6 Å². The molecule has 1 fully saturated rings. The Balaban J connectivity index is 1.46. The van der Waals surface area contributed by atoms with E-state index in [1.54, 1.807) is 31.5 Å². The van der Waals surface area contributed by atoms with Crippen molar-refractivity contribution in [1.82, 2.24) is 30.0 Å². The van der Waals surface area contributed by atoms with Gasteiger partial charge >= 0.3 is 0 Å². The Labute approximate surface area is 211 Å². The van der Waals surface area contributed by atoms with Crippen molar-refractivity contribution in [2.24, 2.45) is 0 Å². The first-order valence-corrected chi connectivity index (χ1v) is 12.2. The van der Waals surface area contributed by atoms with Crippen molar-refractivity contribution < 1.29 is 9.84 Å². The molecule has 11 nitrogen and oxygen atoms in total. The molecule has 4 N–H and O–H groups in total. The van der Waals surface area contributed by atoms with Crippen molar-refractivity contribution in [1.29, 1.82) is 5.26 Å². The van der Waals surface area contributed by atoms with Gasteiger partial charge in [0.25, 0.3) is 0 Å². The van der Waals surface area contributed by atoms with Crippen LogP contribution in [0.3, 0.4) is 0 Å². The number of rotatable bonds is 10. The number of anilines is 3. The van der Waals surface area contributed by atoms with E-state index in [-0.39, 0.29) is 12.6 Å². The third kappa shape index (κ3) is 6.27. The smallest absolute Gasteiger partial charge is 0.228 e. The molecule has 190 valence electrons. The predicted molar refractivity (Wildman–Crippen MR) is 136 cm³/mol. The summed E-state index contributed by atoms with van der Waals surface area (Å²) in [5.41, 5.74) is 2.16. The summed E-state index contributed by atoms with van der Waals surface area (Å²) in [4.78, 5) is 15.9. The van der Waals surface area contributed by atoms with Crippen LogP contribution in [0, 0.1) is 11.3 Å². The van der Waals surface area contributed by atoms with Gasteiger partial charge in [-0.05, 0) is 37.8 Å². The highest BCUT2D eigenvalue weighted by atomic mass is 16.5. The number of ether oxygens (including phenoxy) is 1. The van der Waals surface area contributed by atoms with E-state index in [4.69, 9.17) is 10.00 Å². The van der Waals surface area contributed by atoms with E-state index in [1.165, 1.54) is 0 Å². The number of hydrogen-bond donors (Lipinski definition) is 4. The summed E-state index contributed by atoms with van der Waals surface area (Å²) in [6, 6.07) is 10.2. The number of nitriles is 1. The lowest BCUT2D eigenvalue weighted by Gasteiger charge is -2.44. The first-order valence-electron chi connectivity index (χ1n) is 12.2. The highest BCUT2D eigenvalue weighted by Crippen LogP contribution is 2.30. The van der Waals surface area contributed by atoms with Gasteiger partial charge in [0.2, 0.25) is 11.8 Å². The molecule has 0 amide bonds. The zero-order valence-corrected chi connectivity index (χ0v) is 20.9. The molecule has 3 aromatic heterocycles. The number of H-pyrrole nitrogens is 1. The lowest BCUT2D eigenvalue weighted by molar-refractivity contribution is 0.0719. The van der Waals surface area contributed by atoms with Crippen molar-refractivity contribution in [3.63, 3.8) is 0 Å². The van der Waals surface area contributed by atoms with E-state index in [9.17, 15) is 5.11 Å². The van der Waals surface area contributed by atoms with Gasteiger partial charge in [-0.1, -0.05) is 19.4 Å². The molecule has 36 heavy (non-hydrogen) atoms. The molecule has 11 heteroatoms. The Morgan fingerprint density at radius 2 is 2.11 bits per heavy atom. The molecular formula is C25H33N9O2. The van der Waals surface area contributed by atoms with Crippen LogP contribution in [0.2, 0.25) is 0 Å². The van der Waals surface area contributed by atoms with Crippen LogP contribution in [-0.4, -0.2) is 60.4 Å². The number of piperidine rings is 1. The van der Waals surface area contributed by atoms with Crippen LogP contribution in [0.1, 0.15) is 56.5 Å². The normalized spacial score (nSPS) is 20.0. The van der Waals surface area contributed by atoms with Crippen molar-refractivity contribution in [2.45, 2.75) is 70.8 Å². The van der Waals surface area contributed by atoms with Crippen molar-refractivity contribution in [2.75, 3.05) is 17.7 Å². The Morgan fingerprint density at radius 1 is 1.25 bits per heavy atom. The Morgan fingerprint density at radius 3 is 2.78 bits per heavy atom. The first-order chi connectivity index (χ1) is 17.5. The van der Waals surface area contributed by atoms with Crippen molar-refractivity contribution >= 4 is 17.6 Å². The molecule has 0 aliphatic carbocycles. The van der Waals surface area contributed by atoms with E-state index >= 15 is 0 Å². The van der Waals surface area contributed by atoms with Crippen molar-refractivity contribution in [3.8, 4) is 11.9 Å². The standard InChI is InChI=1S/C25H33N9O2/c1-4-5-21-9-19(8-16(2)34(21)14-17-6-7-18(12-26)27-13-17)28-25-30-22(11-24(31-25)36-3)29-23-10-20(15-35)32-33-23/h6-7,10-11,13,16,19,21,35H,4-5,8-9,14-15H2,1-3H3,(H3,28,29,30,31,32,33)/t16-,19-,21+/m1/s1. The summed E-state index contributed by atoms with van der Waals surface area (Å²) in [7, 11) is 1.57. The average Bonchev–Trinajstić information content (AvgIpc) is 3.34. The number of aromatic nitrogens is 5. The topological polar surface area (TPSA) is 148 Å². The zero-order chi connectivity index (χ0) is 25.5. The SMILES string of the molecule is CCC[C@H]1C[C@H](Nc2nc(Nc3cc(CO)[nH]n3)cc(OC)n2)C[C@@H](C)N1Cc1ccc(C#N)nc1. The predicted octanol–water partition coefficient (Wildman–Crippen LogP) is 3.34. The molecule has 1 saturated heterocycles. The molecule has 0 aromatic carbocycles. The van der Waals surface area contributed by atoms with Gasteiger partial charge in [-0.2, -0.15) is 20.3 Å². The number of hydrogen-bond acceptors (Lipinski definition) is 10. The van der Waals surface area contributed by atoms with Gasteiger partial charge in [-0.25, -0.2) is 4.98 Å². The maximum Gasteiger partial charge on any atom is 0.228 e. The number of methoxy groups -OCH3 is 1. The van der Waals surface area contributed by atoms with Crippen LogP contribution >= 0.6 is 0 Å². The minimum atomic E-state index is -0.119. The Bertz CT molecular complexity index is 1180. The highest BCUT2D eigenvalue weighted by Gasteiger charge is 2.33. The molecule has 1 aliphatic rings. The number of nitrogens with zero attached hydrogens (tertiary/aromatic N) is 6. The molecule has 0 spiro atoms. The third-order valence-electron chi connectivity index (χ3n) is 6.45. The molecule has 1 aliphatic heterocycles. The van der Waals surface area contributed by atoms with E-state index in [1.807, 2.05) is 6.07 Å². The maximum atomic E-state index is 9.26. The van der Waals surface area contributed by atoms with Crippen LogP contribution in [0.25, 0.3) is 0 Å². The second kappa shape index (κ2) is 11.8. The van der Waals surface area contributed by atoms with Gasteiger partial charge < -0.3 is 20.5 Å². The number of aliphatic hydroxyl groups is 1. The average molecular weight is 492 g/mol. The second-order valence-electron chi connectivity index (χ2n) is 9.12. The van der Waals surface area contributed by atoms with Gasteiger partial charge in [-0.15, -0.1) is 0 Å². The highest BCUT2D eigenvalue weighted by molar-refractivity contribution is 5.55. The first kappa shape index (κ1) is 25.3. The lowest BCUT2D eigenvalue weighted by Crippen LogP contribution is -2.50. The summed E-state index contributed by atoms with van der Waals surface area (Å²) in [5.74, 6) is 2.03. The van der Waals surface area contributed by atoms with Gasteiger partial charge in [0, 0.05) is 43.0 Å². The maximum absolute atomic E-state index is 9.26. The van der Waals surface area contributed by atoms with E-state index in [2.05, 4.69) is 60.6 Å². The molecule has 0 saturated carbocycles.